The van der Waals surface area contributed by atoms with Crippen molar-refractivity contribution >= 4 is 15.5 Å². The number of para-hydroxylation sites is 1. The molecule has 0 bridgehead atoms. The molecule has 0 fully saturated rings. The summed E-state index contributed by atoms with van der Waals surface area (Å²) in [6.45, 7) is 4.25. The zero-order valence-corrected chi connectivity index (χ0v) is 11.1. The zero-order valence-electron chi connectivity index (χ0n) is 10.3. The molecule has 0 saturated carbocycles. The molecule has 1 aromatic carbocycles. The molecule has 1 aliphatic rings. The molecule has 1 heterocycles. The molecule has 0 radical (unpaired) electrons. The second kappa shape index (κ2) is 4.69. The number of sulfone groups is 1. The van der Waals surface area contributed by atoms with Gasteiger partial charge in [0.25, 0.3) is 0 Å². The summed E-state index contributed by atoms with van der Waals surface area (Å²) in [6.07, 6.45) is 0.856. The third kappa shape index (κ3) is 2.80. The van der Waals surface area contributed by atoms with Crippen LogP contribution in [0.1, 0.15) is 19.4 Å². The van der Waals surface area contributed by atoms with Gasteiger partial charge in [0.1, 0.15) is 0 Å². The van der Waals surface area contributed by atoms with E-state index in [1.165, 1.54) is 5.56 Å². The molecule has 1 N–H and O–H groups in total. The van der Waals surface area contributed by atoms with Gasteiger partial charge in [-0.25, -0.2) is 8.42 Å². The van der Waals surface area contributed by atoms with Crippen LogP contribution in [0, 0.1) is 5.92 Å². The monoisotopic (exact) mass is 253 g/mol. The first-order valence-electron chi connectivity index (χ1n) is 6.02. The van der Waals surface area contributed by atoms with Crippen LogP contribution in [-0.2, 0) is 16.3 Å². The van der Waals surface area contributed by atoms with Crippen molar-refractivity contribution in [3.8, 4) is 0 Å². The Balaban J connectivity index is 2.09. The Hall–Kier alpha value is -1.03. The average molecular weight is 253 g/mol. The summed E-state index contributed by atoms with van der Waals surface area (Å²) >= 11 is 0. The summed E-state index contributed by atoms with van der Waals surface area (Å²) in [5.74, 6) is 0.476. The number of fused-ring (bicyclic) bond motifs is 1. The maximum absolute atomic E-state index is 11.9. The quantitative estimate of drug-likeness (QED) is 0.897. The number of hydrogen-bond acceptors (Lipinski definition) is 3. The first-order chi connectivity index (χ1) is 7.99. The van der Waals surface area contributed by atoms with E-state index in [4.69, 9.17) is 0 Å². The van der Waals surface area contributed by atoms with Crippen molar-refractivity contribution in [1.82, 2.24) is 0 Å². The van der Waals surface area contributed by atoms with E-state index in [0.717, 1.165) is 18.7 Å². The maximum atomic E-state index is 11.9. The van der Waals surface area contributed by atoms with E-state index in [9.17, 15) is 8.42 Å². The molecule has 94 valence electrons. The maximum Gasteiger partial charge on any atom is 0.152 e. The predicted octanol–water partition coefficient (Wildman–Crippen LogP) is 2.09. The SMILES string of the molecule is CC(C)S(=O)(=O)CC1CNc2ccccc2C1. The van der Waals surface area contributed by atoms with Crippen LogP contribution < -0.4 is 5.32 Å². The van der Waals surface area contributed by atoms with Crippen molar-refractivity contribution in [3.05, 3.63) is 29.8 Å². The highest BCUT2D eigenvalue weighted by Gasteiger charge is 2.25. The first kappa shape index (κ1) is 12.4. The van der Waals surface area contributed by atoms with Crippen LogP contribution in [0.5, 0.6) is 0 Å². The summed E-state index contributed by atoms with van der Waals surface area (Å²) in [5.41, 5.74) is 2.37. The minimum absolute atomic E-state index is 0.192. The van der Waals surface area contributed by atoms with Crippen LogP contribution >= 0.6 is 0 Å². The van der Waals surface area contributed by atoms with Crippen molar-refractivity contribution in [2.75, 3.05) is 17.6 Å². The molecule has 1 unspecified atom stereocenters. The van der Waals surface area contributed by atoms with E-state index in [-0.39, 0.29) is 16.9 Å². The normalized spacial score (nSPS) is 19.8. The largest absolute Gasteiger partial charge is 0.384 e. The van der Waals surface area contributed by atoms with Crippen molar-refractivity contribution in [3.63, 3.8) is 0 Å². The molecular weight excluding hydrogens is 234 g/mol. The Morgan fingerprint density at radius 1 is 1.35 bits per heavy atom. The van der Waals surface area contributed by atoms with Crippen molar-refractivity contribution in [1.29, 1.82) is 0 Å². The van der Waals surface area contributed by atoms with Gasteiger partial charge in [0, 0.05) is 12.2 Å². The van der Waals surface area contributed by atoms with Gasteiger partial charge in [-0.1, -0.05) is 18.2 Å². The smallest absolute Gasteiger partial charge is 0.152 e. The van der Waals surface area contributed by atoms with Gasteiger partial charge in [0.15, 0.2) is 9.84 Å². The lowest BCUT2D eigenvalue weighted by Crippen LogP contribution is -2.32. The highest BCUT2D eigenvalue weighted by Crippen LogP contribution is 2.25. The lowest BCUT2D eigenvalue weighted by molar-refractivity contribution is 0.547. The summed E-state index contributed by atoms with van der Waals surface area (Å²) in [7, 11) is -2.94. The van der Waals surface area contributed by atoms with Gasteiger partial charge in [0.2, 0.25) is 0 Å². The van der Waals surface area contributed by atoms with Gasteiger partial charge in [-0.2, -0.15) is 0 Å². The Kier molecular flexibility index (Phi) is 3.43. The molecule has 4 heteroatoms. The van der Waals surface area contributed by atoms with Gasteiger partial charge in [-0.15, -0.1) is 0 Å². The molecule has 0 aliphatic carbocycles. The second-order valence-electron chi connectivity index (χ2n) is 4.99. The summed E-state index contributed by atoms with van der Waals surface area (Å²) in [6, 6.07) is 8.11. The Bertz CT molecular complexity index is 494. The van der Waals surface area contributed by atoms with E-state index in [0.29, 0.717) is 0 Å². The summed E-state index contributed by atoms with van der Waals surface area (Å²) < 4.78 is 23.8. The molecule has 3 nitrogen and oxygen atoms in total. The fourth-order valence-corrected chi connectivity index (χ4v) is 3.42. The fourth-order valence-electron chi connectivity index (χ4n) is 2.15. The van der Waals surface area contributed by atoms with Crippen LogP contribution in [0.3, 0.4) is 0 Å². The molecule has 0 saturated heterocycles. The van der Waals surface area contributed by atoms with E-state index < -0.39 is 9.84 Å². The van der Waals surface area contributed by atoms with Gasteiger partial charge >= 0.3 is 0 Å². The van der Waals surface area contributed by atoms with Gasteiger partial charge in [-0.3, -0.25) is 0 Å². The number of hydrogen-bond donors (Lipinski definition) is 1. The zero-order chi connectivity index (χ0) is 12.5. The minimum atomic E-state index is -2.94. The van der Waals surface area contributed by atoms with Crippen molar-refractivity contribution in [2.24, 2.45) is 5.92 Å². The van der Waals surface area contributed by atoms with Crippen LogP contribution in [0.15, 0.2) is 24.3 Å². The fraction of sp³-hybridized carbons (Fsp3) is 0.538. The third-order valence-corrected chi connectivity index (χ3v) is 5.67. The van der Waals surface area contributed by atoms with E-state index in [1.807, 2.05) is 18.2 Å². The van der Waals surface area contributed by atoms with Crippen molar-refractivity contribution < 1.29 is 8.42 Å². The van der Waals surface area contributed by atoms with Gasteiger partial charge < -0.3 is 5.32 Å². The standard InChI is InChI=1S/C13H19NO2S/c1-10(2)17(15,16)9-11-7-12-5-3-4-6-13(12)14-8-11/h3-6,10-11,14H,7-9H2,1-2H3. The minimum Gasteiger partial charge on any atom is -0.384 e. The Morgan fingerprint density at radius 3 is 2.76 bits per heavy atom. The van der Waals surface area contributed by atoms with Gasteiger partial charge in [0.05, 0.1) is 11.0 Å². The highest BCUT2D eigenvalue weighted by molar-refractivity contribution is 7.91. The van der Waals surface area contributed by atoms with E-state index in [2.05, 4.69) is 11.4 Å². The molecule has 1 atom stereocenters. The molecule has 17 heavy (non-hydrogen) atoms. The topological polar surface area (TPSA) is 46.2 Å². The predicted molar refractivity (Wildman–Crippen MR) is 71.0 cm³/mol. The Morgan fingerprint density at radius 2 is 2.06 bits per heavy atom. The first-order valence-corrected chi connectivity index (χ1v) is 7.74. The number of benzene rings is 1. The van der Waals surface area contributed by atoms with Crippen LogP contribution in [0.25, 0.3) is 0 Å². The highest BCUT2D eigenvalue weighted by atomic mass is 32.2. The summed E-state index contributed by atoms with van der Waals surface area (Å²) in [4.78, 5) is 0. The molecule has 1 aromatic rings. The lowest BCUT2D eigenvalue weighted by Gasteiger charge is -2.26. The lowest BCUT2D eigenvalue weighted by atomic mass is 9.95. The molecule has 0 spiro atoms. The number of rotatable bonds is 3. The number of nitrogens with one attached hydrogen (secondary N) is 1. The van der Waals surface area contributed by atoms with Crippen LogP contribution in [0.2, 0.25) is 0 Å². The number of anilines is 1. The molecular formula is C13H19NO2S. The average Bonchev–Trinajstić information content (AvgIpc) is 2.28. The molecule has 1 aliphatic heterocycles. The second-order valence-corrected chi connectivity index (χ2v) is 7.59. The van der Waals surface area contributed by atoms with Crippen molar-refractivity contribution in [2.45, 2.75) is 25.5 Å². The Labute approximate surface area is 103 Å². The van der Waals surface area contributed by atoms with E-state index in [1.54, 1.807) is 13.8 Å². The van der Waals surface area contributed by atoms with Crippen LogP contribution in [0.4, 0.5) is 5.69 Å². The summed E-state index contributed by atoms with van der Waals surface area (Å²) in [5, 5.41) is 3.03. The molecule has 0 amide bonds. The molecule has 0 aromatic heterocycles. The molecule has 2 rings (SSSR count). The van der Waals surface area contributed by atoms with Gasteiger partial charge in [-0.05, 0) is 37.8 Å². The van der Waals surface area contributed by atoms with E-state index >= 15 is 0 Å². The third-order valence-electron chi connectivity index (χ3n) is 3.29. The van der Waals surface area contributed by atoms with Crippen LogP contribution in [-0.4, -0.2) is 26.0 Å².